The summed E-state index contributed by atoms with van der Waals surface area (Å²) in [6.07, 6.45) is -3.90. The molecular weight excluding hydrogens is 438 g/mol. The van der Waals surface area contributed by atoms with Crippen molar-refractivity contribution in [1.29, 1.82) is 0 Å². The number of carbonyl (C=O) groups excluding carboxylic acids is 1. The minimum atomic E-state index is -5.06. The van der Waals surface area contributed by atoms with Crippen LogP contribution < -0.4 is 5.32 Å². The molecule has 1 aromatic rings. The molecule has 2 aliphatic heterocycles. The zero-order valence-corrected chi connectivity index (χ0v) is 16.6. The SMILES string of the molecule is O=C1NCCCCOP(=O)(O)OP(=O)(O)OC[C@H]2O[C@H]([C@H](O)[C@@H]2O)n2cc1nn2. The lowest BCUT2D eigenvalue weighted by molar-refractivity contribution is -0.0586. The van der Waals surface area contributed by atoms with Gasteiger partial charge in [-0.2, -0.15) is 4.31 Å². The molecule has 0 saturated carbocycles. The second kappa shape index (κ2) is 8.86. The molecule has 3 rings (SSSR count). The lowest BCUT2D eigenvalue weighted by atomic mass is 10.1. The van der Waals surface area contributed by atoms with Crippen LogP contribution in [0.25, 0.3) is 0 Å². The molecular formula is C12H20N4O11P2. The average molecular weight is 458 g/mol. The average Bonchev–Trinajstić information content (AvgIpc) is 3.21. The maximum absolute atomic E-state index is 12.1. The van der Waals surface area contributed by atoms with Crippen LogP contribution in [0.1, 0.15) is 29.6 Å². The van der Waals surface area contributed by atoms with E-state index in [9.17, 15) is 33.9 Å². The monoisotopic (exact) mass is 458 g/mol. The smallest absolute Gasteiger partial charge is 0.387 e. The van der Waals surface area contributed by atoms with E-state index in [4.69, 9.17) is 4.74 Å². The Bertz CT molecular complexity index is 835. The largest absolute Gasteiger partial charge is 0.481 e. The van der Waals surface area contributed by atoms with Gasteiger partial charge in [-0.3, -0.25) is 13.8 Å². The van der Waals surface area contributed by atoms with E-state index < -0.39 is 52.7 Å². The van der Waals surface area contributed by atoms with Crippen LogP contribution in [0, 0.1) is 0 Å². The number of aliphatic hydroxyl groups is 2. The zero-order chi connectivity index (χ0) is 21.2. The molecule has 29 heavy (non-hydrogen) atoms. The summed E-state index contributed by atoms with van der Waals surface area (Å²) < 4.78 is 43.3. The van der Waals surface area contributed by atoms with Crippen LogP contribution in [0.3, 0.4) is 0 Å². The van der Waals surface area contributed by atoms with Gasteiger partial charge < -0.3 is 30.1 Å². The molecule has 1 aromatic heterocycles. The van der Waals surface area contributed by atoms with Crippen LogP contribution >= 0.6 is 15.6 Å². The molecule has 3 heterocycles. The normalized spacial score (nSPS) is 40.1. The fourth-order valence-electron chi connectivity index (χ4n) is 2.64. The summed E-state index contributed by atoms with van der Waals surface area (Å²) in [5.41, 5.74) is -0.0690. The van der Waals surface area contributed by atoms with E-state index in [0.717, 1.165) is 4.68 Å². The number of nitrogens with one attached hydrogen (secondary N) is 1. The number of aliphatic hydroxyl groups excluding tert-OH is 2. The van der Waals surface area contributed by atoms with Crippen molar-refractivity contribution in [3.63, 3.8) is 0 Å². The number of hydrogen-bond donors (Lipinski definition) is 5. The van der Waals surface area contributed by atoms with Gasteiger partial charge in [-0.15, -0.1) is 5.10 Å². The summed E-state index contributed by atoms with van der Waals surface area (Å²) in [6, 6.07) is 0. The van der Waals surface area contributed by atoms with Gasteiger partial charge in [-0.1, -0.05) is 5.21 Å². The van der Waals surface area contributed by atoms with Crippen LogP contribution in [0.15, 0.2) is 6.20 Å². The van der Waals surface area contributed by atoms with Crippen LogP contribution in [0.4, 0.5) is 0 Å². The van der Waals surface area contributed by atoms with E-state index in [2.05, 4.69) is 29.0 Å². The first-order valence-electron chi connectivity index (χ1n) is 8.46. The third kappa shape index (κ3) is 5.67. The van der Waals surface area contributed by atoms with Gasteiger partial charge in [0.05, 0.1) is 19.4 Å². The maximum Gasteiger partial charge on any atom is 0.481 e. The topological polar surface area (TPSA) is 212 Å². The Morgan fingerprint density at radius 3 is 2.62 bits per heavy atom. The lowest BCUT2D eigenvalue weighted by Gasteiger charge is -2.19. The second-order valence-corrected chi connectivity index (χ2v) is 9.28. The molecule has 0 aliphatic carbocycles. The molecule has 4 bridgehead atoms. The zero-order valence-electron chi connectivity index (χ0n) is 14.8. The number of rotatable bonds is 0. The molecule has 1 saturated heterocycles. The van der Waals surface area contributed by atoms with Gasteiger partial charge in [0.1, 0.15) is 18.3 Å². The highest BCUT2D eigenvalue weighted by atomic mass is 31.3. The number of hydrogen-bond acceptors (Lipinski definition) is 11. The number of aromatic nitrogens is 3. The fraction of sp³-hybridized carbons (Fsp3) is 0.750. The van der Waals surface area contributed by atoms with Crippen LogP contribution in [0.2, 0.25) is 0 Å². The number of carbonyl (C=O) groups is 1. The van der Waals surface area contributed by atoms with E-state index in [-0.39, 0.29) is 25.3 Å². The Hall–Kier alpha value is -1.25. The van der Waals surface area contributed by atoms with Gasteiger partial charge in [0.2, 0.25) is 0 Å². The first-order valence-corrected chi connectivity index (χ1v) is 11.4. The summed E-state index contributed by atoms with van der Waals surface area (Å²) >= 11 is 0. The van der Waals surface area contributed by atoms with Crippen molar-refractivity contribution in [3.8, 4) is 0 Å². The Morgan fingerprint density at radius 1 is 1.14 bits per heavy atom. The molecule has 2 unspecified atom stereocenters. The van der Waals surface area contributed by atoms with Crippen LogP contribution in [0.5, 0.6) is 0 Å². The van der Waals surface area contributed by atoms with Gasteiger partial charge in [0, 0.05) is 6.54 Å². The molecule has 17 heteroatoms. The molecule has 0 spiro atoms. The molecule has 15 nitrogen and oxygen atoms in total. The number of phosphoric acid groups is 2. The third-order valence-electron chi connectivity index (χ3n) is 4.06. The van der Waals surface area contributed by atoms with E-state index >= 15 is 0 Å². The molecule has 1 amide bonds. The van der Waals surface area contributed by atoms with Gasteiger partial charge in [0.15, 0.2) is 11.9 Å². The minimum absolute atomic E-state index is 0.0690. The highest BCUT2D eigenvalue weighted by Gasteiger charge is 2.46. The number of amides is 1. The summed E-state index contributed by atoms with van der Waals surface area (Å²) in [5, 5.41) is 30.1. The first-order chi connectivity index (χ1) is 13.6. The van der Waals surface area contributed by atoms with Gasteiger partial charge in [0.25, 0.3) is 5.91 Å². The van der Waals surface area contributed by atoms with Crippen LogP contribution in [-0.2, 0) is 27.2 Å². The fourth-order valence-corrected chi connectivity index (χ4v) is 4.75. The van der Waals surface area contributed by atoms with Crippen molar-refractivity contribution in [2.45, 2.75) is 37.4 Å². The molecule has 0 aromatic carbocycles. The third-order valence-corrected chi connectivity index (χ3v) is 6.70. The van der Waals surface area contributed by atoms with E-state index in [0.29, 0.717) is 6.42 Å². The van der Waals surface area contributed by atoms with Crippen LogP contribution in [-0.4, -0.2) is 79.0 Å². The molecule has 6 atom stereocenters. The van der Waals surface area contributed by atoms with Crippen molar-refractivity contribution in [1.82, 2.24) is 20.3 Å². The molecule has 2 aliphatic rings. The Balaban J connectivity index is 1.79. The van der Waals surface area contributed by atoms with Crippen molar-refractivity contribution < 1.29 is 52.0 Å². The standard InChI is InChI=1S/C12H20N4O11P2/c17-9-8-6-25-29(22,23)27-28(20,21)24-4-2-1-3-13-11(19)7-5-16(15-14-7)12(26-8)10(9)18/h5,8-10,12,17-18H,1-4,6H2,(H,13,19)(H,20,21)(H,22,23)/t8-,9-,10-,12-/m1/s1. The summed E-state index contributed by atoms with van der Waals surface area (Å²) in [4.78, 5) is 31.2. The van der Waals surface area contributed by atoms with Crippen molar-refractivity contribution in [3.05, 3.63) is 11.9 Å². The quantitative estimate of drug-likeness (QED) is 0.286. The first kappa shape index (κ1) is 22.4. The van der Waals surface area contributed by atoms with Crippen molar-refractivity contribution >= 4 is 21.6 Å². The Labute approximate surface area is 163 Å². The maximum atomic E-state index is 12.1. The molecule has 5 N–H and O–H groups in total. The molecule has 0 radical (unpaired) electrons. The van der Waals surface area contributed by atoms with E-state index in [1.54, 1.807) is 0 Å². The predicted octanol–water partition coefficient (Wildman–Crippen LogP) is -1.33. The number of nitrogens with zero attached hydrogens (tertiary/aromatic N) is 3. The lowest BCUT2D eigenvalue weighted by Crippen LogP contribution is -2.33. The van der Waals surface area contributed by atoms with Gasteiger partial charge in [-0.05, 0) is 12.8 Å². The summed E-state index contributed by atoms with van der Waals surface area (Å²) in [5.74, 6) is -0.552. The summed E-state index contributed by atoms with van der Waals surface area (Å²) in [7, 11) is -9.97. The summed E-state index contributed by atoms with van der Waals surface area (Å²) in [6.45, 7) is -0.890. The molecule has 1 fully saturated rings. The van der Waals surface area contributed by atoms with Gasteiger partial charge >= 0.3 is 15.6 Å². The Kier molecular flexibility index (Phi) is 6.85. The second-order valence-electron chi connectivity index (χ2n) is 6.24. The number of fused-ring (bicyclic) bond motifs is 5. The number of ether oxygens (including phenoxy) is 1. The molecule has 164 valence electrons. The number of phosphoric ester groups is 2. The predicted molar refractivity (Wildman–Crippen MR) is 90.2 cm³/mol. The van der Waals surface area contributed by atoms with E-state index in [1.807, 2.05) is 0 Å². The van der Waals surface area contributed by atoms with Gasteiger partial charge in [-0.25, -0.2) is 13.8 Å². The van der Waals surface area contributed by atoms with Crippen molar-refractivity contribution in [2.75, 3.05) is 19.8 Å². The van der Waals surface area contributed by atoms with E-state index in [1.165, 1.54) is 6.20 Å². The highest BCUT2D eigenvalue weighted by molar-refractivity contribution is 7.61. The minimum Gasteiger partial charge on any atom is -0.387 e. The Morgan fingerprint density at radius 2 is 1.86 bits per heavy atom. The van der Waals surface area contributed by atoms with Crippen molar-refractivity contribution in [2.24, 2.45) is 0 Å². The highest BCUT2D eigenvalue weighted by Crippen LogP contribution is 2.60.